The van der Waals surface area contributed by atoms with E-state index in [1.54, 1.807) is 54.6 Å². The minimum Gasteiger partial charge on any atom is -0.489 e. The van der Waals surface area contributed by atoms with Gasteiger partial charge >= 0.3 is 0 Å². The van der Waals surface area contributed by atoms with Crippen molar-refractivity contribution in [3.05, 3.63) is 105 Å². The van der Waals surface area contributed by atoms with Gasteiger partial charge in [0.1, 0.15) is 18.2 Å². The van der Waals surface area contributed by atoms with E-state index in [1.165, 1.54) is 24.4 Å². The Kier molecular flexibility index (Phi) is 6.83. The number of carbonyl (C=O) groups is 1. The largest absolute Gasteiger partial charge is 0.489 e. The van der Waals surface area contributed by atoms with Gasteiger partial charge in [0.05, 0.1) is 17.6 Å². The Labute approximate surface area is 172 Å². The quantitative estimate of drug-likeness (QED) is 0.347. The van der Waals surface area contributed by atoms with Crippen molar-refractivity contribution in [1.29, 1.82) is 0 Å². The van der Waals surface area contributed by atoms with Crippen LogP contribution in [0.5, 0.6) is 5.75 Å². The highest BCUT2D eigenvalue weighted by Crippen LogP contribution is 2.18. The van der Waals surface area contributed by atoms with E-state index in [9.17, 15) is 19.3 Å². The molecule has 8 heteroatoms. The van der Waals surface area contributed by atoms with Gasteiger partial charge in [0.2, 0.25) is 5.91 Å². The second kappa shape index (κ2) is 9.92. The molecule has 0 fully saturated rings. The molecule has 0 saturated heterocycles. The normalized spacial score (nSPS) is 10.7. The molecule has 0 aliphatic rings. The number of amides is 1. The smallest absolute Gasteiger partial charge is 0.273 e. The molecule has 0 aliphatic carbocycles. The highest BCUT2D eigenvalue weighted by atomic mass is 19.1. The molecule has 0 atom stereocenters. The summed E-state index contributed by atoms with van der Waals surface area (Å²) in [5.74, 6) is -0.223. The Morgan fingerprint density at radius 2 is 1.70 bits per heavy atom. The zero-order chi connectivity index (χ0) is 21.3. The van der Waals surface area contributed by atoms with Crippen LogP contribution >= 0.6 is 0 Å². The number of nitrogens with zero attached hydrogens (tertiary/aromatic N) is 2. The van der Waals surface area contributed by atoms with Gasteiger partial charge in [-0.25, -0.2) is 9.82 Å². The number of halogens is 1. The summed E-state index contributed by atoms with van der Waals surface area (Å²) in [5, 5.41) is 14.9. The molecule has 0 saturated carbocycles. The van der Waals surface area contributed by atoms with E-state index >= 15 is 0 Å². The van der Waals surface area contributed by atoms with Gasteiger partial charge in [-0.2, -0.15) is 5.10 Å². The molecule has 152 valence electrons. The molecule has 3 aromatic rings. The lowest BCUT2D eigenvalue weighted by atomic mass is 10.1. The second-order valence-corrected chi connectivity index (χ2v) is 6.30. The Balaban J connectivity index is 1.51. The monoisotopic (exact) mass is 407 g/mol. The molecule has 0 radical (unpaired) electrons. The Morgan fingerprint density at radius 1 is 1.03 bits per heavy atom. The van der Waals surface area contributed by atoms with Crippen LogP contribution in [-0.4, -0.2) is 17.0 Å². The first-order valence-electron chi connectivity index (χ1n) is 9.03. The zero-order valence-corrected chi connectivity index (χ0v) is 15.8. The summed E-state index contributed by atoms with van der Waals surface area (Å²) in [6, 6.07) is 19.3. The van der Waals surface area contributed by atoms with Crippen molar-refractivity contribution in [2.24, 2.45) is 5.10 Å². The molecular formula is C22H18FN3O4. The standard InChI is InChI=1S/C22H18FN3O4/c23-20-7-3-1-6-18(20)15-30-19-11-9-16(10-12-19)14-24-25-22(27)13-17-5-2-4-8-21(17)26(28)29/h1-12,14H,13,15H2,(H,25,27). The van der Waals surface area contributed by atoms with Crippen molar-refractivity contribution in [1.82, 2.24) is 5.43 Å². The van der Waals surface area contributed by atoms with Gasteiger partial charge < -0.3 is 4.74 Å². The van der Waals surface area contributed by atoms with Gasteiger partial charge in [-0.05, 0) is 35.9 Å². The summed E-state index contributed by atoms with van der Waals surface area (Å²) >= 11 is 0. The third kappa shape index (κ3) is 5.71. The van der Waals surface area contributed by atoms with Gasteiger partial charge in [0, 0.05) is 17.2 Å². The van der Waals surface area contributed by atoms with E-state index < -0.39 is 10.8 Å². The number of hydrazone groups is 1. The van der Waals surface area contributed by atoms with Crippen LogP contribution in [0.25, 0.3) is 0 Å². The number of nitro groups is 1. The molecule has 0 bridgehead atoms. The molecule has 7 nitrogen and oxygen atoms in total. The van der Waals surface area contributed by atoms with Crippen LogP contribution in [0.3, 0.4) is 0 Å². The second-order valence-electron chi connectivity index (χ2n) is 6.30. The van der Waals surface area contributed by atoms with Crippen molar-refractivity contribution in [3.8, 4) is 5.75 Å². The number of rotatable bonds is 8. The number of hydrogen-bond acceptors (Lipinski definition) is 5. The van der Waals surface area contributed by atoms with Crippen molar-refractivity contribution in [3.63, 3.8) is 0 Å². The summed E-state index contributed by atoms with van der Waals surface area (Å²) in [4.78, 5) is 22.4. The van der Waals surface area contributed by atoms with Gasteiger partial charge in [-0.1, -0.05) is 36.4 Å². The number of para-hydroxylation sites is 1. The molecule has 0 unspecified atom stereocenters. The molecule has 1 N–H and O–H groups in total. The predicted molar refractivity (Wildman–Crippen MR) is 110 cm³/mol. The van der Waals surface area contributed by atoms with E-state index in [4.69, 9.17) is 4.74 Å². The molecule has 30 heavy (non-hydrogen) atoms. The average Bonchev–Trinajstić information content (AvgIpc) is 2.74. The summed E-state index contributed by atoms with van der Waals surface area (Å²) < 4.78 is 19.2. The molecule has 3 rings (SSSR count). The van der Waals surface area contributed by atoms with Gasteiger partial charge in [0.15, 0.2) is 0 Å². The lowest BCUT2D eigenvalue weighted by molar-refractivity contribution is -0.385. The number of benzene rings is 3. The SMILES string of the molecule is O=C(Cc1ccccc1[N+](=O)[O-])NN=Cc1ccc(OCc2ccccc2F)cc1. The summed E-state index contributed by atoms with van der Waals surface area (Å²) in [6.07, 6.45) is 1.29. The summed E-state index contributed by atoms with van der Waals surface area (Å²) in [7, 11) is 0. The topological polar surface area (TPSA) is 93.8 Å². The number of ether oxygens (including phenoxy) is 1. The molecule has 0 aromatic heterocycles. The molecule has 0 spiro atoms. The van der Waals surface area contributed by atoms with E-state index in [-0.39, 0.29) is 24.5 Å². The molecule has 0 aliphatic heterocycles. The third-order valence-corrected chi connectivity index (χ3v) is 4.17. The van der Waals surface area contributed by atoms with Crippen LogP contribution in [0.4, 0.5) is 10.1 Å². The molecular weight excluding hydrogens is 389 g/mol. The number of carbonyl (C=O) groups excluding carboxylic acids is 1. The first-order valence-corrected chi connectivity index (χ1v) is 9.03. The van der Waals surface area contributed by atoms with Crippen molar-refractivity contribution >= 4 is 17.8 Å². The van der Waals surface area contributed by atoms with Gasteiger partial charge in [-0.15, -0.1) is 0 Å². The van der Waals surface area contributed by atoms with Crippen molar-refractivity contribution < 1.29 is 18.8 Å². The maximum absolute atomic E-state index is 13.6. The Bertz CT molecular complexity index is 1070. The fourth-order valence-electron chi connectivity index (χ4n) is 2.66. The maximum atomic E-state index is 13.6. The maximum Gasteiger partial charge on any atom is 0.273 e. The first kappa shape index (κ1) is 20.7. The summed E-state index contributed by atoms with van der Waals surface area (Å²) in [6.45, 7) is 0.113. The molecule has 0 heterocycles. The minimum absolute atomic E-state index is 0.109. The Hall–Kier alpha value is -4.07. The lowest BCUT2D eigenvalue weighted by Gasteiger charge is -2.07. The summed E-state index contributed by atoms with van der Waals surface area (Å²) in [5.41, 5.74) is 3.72. The van der Waals surface area contributed by atoms with Crippen LogP contribution in [-0.2, 0) is 17.8 Å². The average molecular weight is 407 g/mol. The van der Waals surface area contributed by atoms with Crippen LogP contribution < -0.4 is 10.2 Å². The van der Waals surface area contributed by atoms with Crippen LogP contribution in [0, 0.1) is 15.9 Å². The van der Waals surface area contributed by atoms with Gasteiger partial charge in [0.25, 0.3) is 5.69 Å². The highest BCUT2D eigenvalue weighted by Gasteiger charge is 2.14. The number of nitrogens with one attached hydrogen (secondary N) is 1. The Morgan fingerprint density at radius 3 is 2.40 bits per heavy atom. The van der Waals surface area contributed by atoms with E-state index in [0.29, 0.717) is 22.4 Å². The van der Waals surface area contributed by atoms with E-state index in [2.05, 4.69) is 10.5 Å². The number of hydrogen-bond donors (Lipinski definition) is 1. The van der Waals surface area contributed by atoms with Crippen LogP contribution in [0.1, 0.15) is 16.7 Å². The number of nitro benzene ring substituents is 1. The van der Waals surface area contributed by atoms with E-state index in [0.717, 1.165) is 0 Å². The van der Waals surface area contributed by atoms with Crippen molar-refractivity contribution in [2.75, 3.05) is 0 Å². The fourth-order valence-corrected chi connectivity index (χ4v) is 2.66. The van der Waals surface area contributed by atoms with Crippen LogP contribution in [0.15, 0.2) is 77.9 Å². The van der Waals surface area contributed by atoms with Crippen LogP contribution in [0.2, 0.25) is 0 Å². The van der Waals surface area contributed by atoms with Gasteiger partial charge in [-0.3, -0.25) is 14.9 Å². The third-order valence-electron chi connectivity index (χ3n) is 4.17. The first-order chi connectivity index (χ1) is 14.5. The highest BCUT2D eigenvalue weighted by molar-refractivity contribution is 5.83. The predicted octanol–water partition coefficient (Wildman–Crippen LogP) is 4.01. The molecule has 3 aromatic carbocycles. The minimum atomic E-state index is -0.526. The zero-order valence-electron chi connectivity index (χ0n) is 15.8. The molecule has 1 amide bonds. The lowest BCUT2D eigenvalue weighted by Crippen LogP contribution is -2.20. The fraction of sp³-hybridized carbons (Fsp3) is 0.0909. The van der Waals surface area contributed by atoms with E-state index in [1.807, 2.05) is 0 Å². The van der Waals surface area contributed by atoms with Crippen molar-refractivity contribution in [2.45, 2.75) is 13.0 Å².